The second-order valence-corrected chi connectivity index (χ2v) is 3.85. The van der Waals surface area contributed by atoms with Crippen LogP contribution in [0.25, 0.3) is 0 Å². The molecule has 1 aromatic rings. The van der Waals surface area contributed by atoms with Crippen molar-refractivity contribution in [3.05, 3.63) is 11.9 Å². The monoisotopic (exact) mass is 240 g/mol. The highest BCUT2D eigenvalue weighted by Crippen LogP contribution is 2.09. The van der Waals surface area contributed by atoms with Crippen LogP contribution in [0.15, 0.2) is 6.20 Å². The first-order valence-corrected chi connectivity index (χ1v) is 5.94. The molecule has 1 unspecified atom stereocenters. The van der Waals surface area contributed by atoms with E-state index >= 15 is 0 Å². The maximum absolute atomic E-state index is 12.1. The SMILES string of the molecule is CCN(CC)C(=O)C(C)n1cc(CCO)nn1. The molecular weight excluding hydrogens is 220 g/mol. The van der Waals surface area contributed by atoms with Gasteiger partial charge in [0.25, 0.3) is 0 Å². The summed E-state index contributed by atoms with van der Waals surface area (Å²) in [5.74, 6) is 0.0375. The van der Waals surface area contributed by atoms with E-state index in [-0.39, 0.29) is 18.6 Å². The summed E-state index contributed by atoms with van der Waals surface area (Å²) in [7, 11) is 0. The molecule has 96 valence electrons. The molecule has 1 atom stereocenters. The zero-order valence-electron chi connectivity index (χ0n) is 10.6. The summed E-state index contributed by atoms with van der Waals surface area (Å²) >= 11 is 0. The van der Waals surface area contributed by atoms with E-state index in [1.54, 1.807) is 22.7 Å². The molecule has 0 fully saturated rings. The number of amides is 1. The van der Waals surface area contributed by atoms with Gasteiger partial charge in [-0.2, -0.15) is 0 Å². The van der Waals surface area contributed by atoms with Crippen molar-refractivity contribution in [1.82, 2.24) is 19.9 Å². The van der Waals surface area contributed by atoms with Crippen molar-refractivity contribution < 1.29 is 9.90 Å². The Hall–Kier alpha value is -1.43. The molecule has 0 bridgehead atoms. The highest BCUT2D eigenvalue weighted by molar-refractivity contribution is 5.79. The molecule has 0 saturated heterocycles. The Morgan fingerprint density at radius 3 is 2.71 bits per heavy atom. The molecule has 1 amide bonds. The fourth-order valence-electron chi connectivity index (χ4n) is 1.64. The van der Waals surface area contributed by atoms with Crippen molar-refractivity contribution in [2.24, 2.45) is 0 Å². The highest BCUT2D eigenvalue weighted by Gasteiger charge is 2.20. The van der Waals surface area contributed by atoms with Crippen LogP contribution in [0.5, 0.6) is 0 Å². The van der Waals surface area contributed by atoms with E-state index in [9.17, 15) is 4.79 Å². The minimum absolute atomic E-state index is 0.0375. The highest BCUT2D eigenvalue weighted by atomic mass is 16.3. The van der Waals surface area contributed by atoms with Gasteiger partial charge in [-0.25, -0.2) is 4.68 Å². The van der Waals surface area contributed by atoms with Gasteiger partial charge < -0.3 is 10.0 Å². The lowest BCUT2D eigenvalue weighted by Crippen LogP contribution is -2.36. The van der Waals surface area contributed by atoms with E-state index in [4.69, 9.17) is 5.11 Å². The Labute approximate surface area is 101 Å². The number of aliphatic hydroxyl groups excluding tert-OH is 1. The van der Waals surface area contributed by atoms with Crippen LogP contribution in [-0.4, -0.2) is 50.6 Å². The first-order valence-electron chi connectivity index (χ1n) is 5.94. The van der Waals surface area contributed by atoms with Gasteiger partial charge in [-0.1, -0.05) is 5.21 Å². The number of aromatic nitrogens is 3. The lowest BCUT2D eigenvalue weighted by molar-refractivity contribution is -0.134. The molecule has 0 aromatic carbocycles. The Kier molecular flexibility index (Phi) is 5.09. The molecule has 1 N–H and O–H groups in total. The molecule has 0 aliphatic heterocycles. The number of aliphatic hydroxyl groups is 1. The number of carbonyl (C=O) groups is 1. The zero-order valence-corrected chi connectivity index (χ0v) is 10.6. The minimum Gasteiger partial charge on any atom is -0.396 e. The third-order valence-corrected chi connectivity index (χ3v) is 2.76. The van der Waals surface area contributed by atoms with Crippen LogP contribution < -0.4 is 0 Å². The van der Waals surface area contributed by atoms with Gasteiger partial charge in [0.05, 0.1) is 5.69 Å². The van der Waals surface area contributed by atoms with Gasteiger partial charge in [-0.05, 0) is 20.8 Å². The van der Waals surface area contributed by atoms with Crippen LogP contribution in [0.2, 0.25) is 0 Å². The summed E-state index contributed by atoms with van der Waals surface area (Å²) in [5.41, 5.74) is 0.701. The molecule has 17 heavy (non-hydrogen) atoms. The van der Waals surface area contributed by atoms with Crippen LogP contribution in [0, 0.1) is 0 Å². The maximum Gasteiger partial charge on any atom is 0.247 e. The van der Waals surface area contributed by atoms with E-state index in [1.165, 1.54) is 0 Å². The zero-order chi connectivity index (χ0) is 12.8. The fourth-order valence-corrected chi connectivity index (χ4v) is 1.64. The molecule has 1 rings (SSSR count). The van der Waals surface area contributed by atoms with Crippen molar-refractivity contribution in [2.75, 3.05) is 19.7 Å². The molecule has 0 radical (unpaired) electrons. The lowest BCUT2D eigenvalue weighted by atomic mass is 10.3. The summed E-state index contributed by atoms with van der Waals surface area (Å²) in [4.78, 5) is 13.8. The van der Waals surface area contributed by atoms with E-state index in [2.05, 4.69) is 10.3 Å². The Morgan fingerprint density at radius 1 is 1.53 bits per heavy atom. The summed E-state index contributed by atoms with van der Waals surface area (Å²) in [5, 5.41) is 16.6. The maximum atomic E-state index is 12.1. The van der Waals surface area contributed by atoms with Gasteiger partial charge in [0.2, 0.25) is 5.91 Å². The van der Waals surface area contributed by atoms with Gasteiger partial charge >= 0.3 is 0 Å². The number of hydrogen-bond acceptors (Lipinski definition) is 4. The first kappa shape index (κ1) is 13.6. The van der Waals surface area contributed by atoms with Gasteiger partial charge in [0, 0.05) is 32.3 Å². The average Bonchev–Trinajstić information content (AvgIpc) is 2.78. The lowest BCUT2D eigenvalue weighted by Gasteiger charge is -2.22. The molecule has 6 heteroatoms. The molecule has 0 saturated carbocycles. The molecule has 6 nitrogen and oxygen atoms in total. The minimum atomic E-state index is -0.352. The van der Waals surface area contributed by atoms with E-state index in [0.29, 0.717) is 25.2 Å². The number of likely N-dealkylation sites (N-methyl/N-ethyl adjacent to an activating group) is 1. The standard InChI is InChI=1S/C11H20N4O2/c1-4-14(5-2)11(17)9(3)15-8-10(6-7-16)12-13-15/h8-9,16H,4-7H2,1-3H3. The van der Waals surface area contributed by atoms with Crippen molar-refractivity contribution in [3.63, 3.8) is 0 Å². The molecule has 1 heterocycles. The van der Waals surface area contributed by atoms with Gasteiger partial charge in [0.15, 0.2) is 0 Å². The smallest absolute Gasteiger partial charge is 0.247 e. The van der Waals surface area contributed by atoms with E-state index in [0.717, 1.165) is 0 Å². The molecule has 1 aromatic heterocycles. The molecular formula is C11H20N4O2. The topological polar surface area (TPSA) is 71.2 Å². The number of carbonyl (C=O) groups excluding carboxylic acids is 1. The third-order valence-electron chi connectivity index (χ3n) is 2.76. The number of rotatable bonds is 6. The Morgan fingerprint density at radius 2 is 2.18 bits per heavy atom. The average molecular weight is 240 g/mol. The molecule has 0 aliphatic rings. The van der Waals surface area contributed by atoms with E-state index < -0.39 is 0 Å². The van der Waals surface area contributed by atoms with Crippen LogP contribution in [0.3, 0.4) is 0 Å². The number of hydrogen-bond donors (Lipinski definition) is 1. The third kappa shape index (κ3) is 3.26. The summed E-state index contributed by atoms with van der Waals surface area (Å²) < 4.78 is 1.55. The van der Waals surface area contributed by atoms with Crippen LogP contribution in [-0.2, 0) is 11.2 Å². The van der Waals surface area contributed by atoms with Crippen molar-refractivity contribution in [3.8, 4) is 0 Å². The van der Waals surface area contributed by atoms with E-state index in [1.807, 2.05) is 13.8 Å². The Balaban J connectivity index is 2.73. The van der Waals surface area contributed by atoms with Crippen molar-refractivity contribution >= 4 is 5.91 Å². The summed E-state index contributed by atoms with van der Waals surface area (Å²) in [6.45, 7) is 7.13. The first-order chi connectivity index (χ1) is 8.13. The normalized spacial score (nSPS) is 12.5. The molecule has 0 spiro atoms. The predicted octanol–water partition coefficient (Wildman–Crippen LogP) is 0.242. The second kappa shape index (κ2) is 6.34. The summed E-state index contributed by atoms with van der Waals surface area (Å²) in [6, 6.07) is -0.352. The van der Waals surface area contributed by atoms with Gasteiger partial charge in [-0.3, -0.25) is 4.79 Å². The van der Waals surface area contributed by atoms with Gasteiger partial charge in [-0.15, -0.1) is 5.10 Å². The molecule has 0 aliphatic carbocycles. The van der Waals surface area contributed by atoms with Gasteiger partial charge in [0.1, 0.15) is 6.04 Å². The van der Waals surface area contributed by atoms with Crippen LogP contribution >= 0.6 is 0 Å². The fraction of sp³-hybridized carbons (Fsp3) is 0.727. The quantitative estimate of drug-likeness (QED) is 0.773. The van der Waals surface area contributed by atoms with Crippen LogP contribution in [0.1, 0.15) is 32.5 Å². The number of nitrogens with zero attached hydrogens (tertiary/aromatic N) is 4. The van der Waals surface area contributed by atoms with Crippen LogP contribution in [0.4, 0.5) is 0 Å². The van der Waals surface area contributed by atoms with Crippen molar-refractivity contribution in [1.29, 1.82) is 0 Å². The Bertz CT molecular complexity index is 360. The second-order valence-electron chi connectivity index (χ2n) is 3.85. The summed E-state index contributed by atoms with van der Waals surface area (Å²) in [6.07, 6.45) is 2.18. The largest absolute Gasteiger partial charge is 0.396 e. The van der Waals surface area contributed by atoms with Crippen molar-refractivity contribution in [2.45, 2.75) is 33.2 Å². The predicted molar refractivity (Wildman–Crippen MR) is 63.5 cm³/mol.